The van der Waals surface area contributed by atoms with Crippen LogP contribution in [-0.4, -0.2) is 21.3 Å². The van der Waals surface area contributed by atoms with Gasteiger partial charge in [-0.05, 0) is 6.07 Å². The number of H-pyrrole nitrogens is 1. The molecule has 0 radical (unpaired) electrons. The maximum absolute atomic E-state index is 10.7. The summed E-state index contributed by atoms with van der Waals surface area (Å²) in [6.45, 7) is 0. The van der Waals surface area contributed by atoms with Gasteiger partial charge < -0.3 is 0 Å². The van der Waals surface area contributed by atoms with E-state index in [2.05, 4.69) is 26.1 Å². The van der Waals surface area contributed by atoms with Crippen molar-refractivity contribution in [3.05, 3.63) is 18.0 Å². The fourth-order valence-electron chi connectivity index (χ4n) is 0.484. The molecule has 1 heterocycles. The van der Waals surface area contributed by atoms with Crippen LogP contribution in [0, 0.1) is 0 Å². The van der Waals surface area contributed by atoms with Crippen molar-refractivity contribution in [3.63, 3.8) is 0 Å². The molecule has 0 bridgehead atoms. The predicted octanol–water partition coefficient (Wildman–Crippen LogP) is 0.987. The van der Waals surface area contributed by atoms with Crippen LogP contribution in [0.1, 0.15) is 10.5 Å². The summed E-state index contributed by atoms with van der Waals surface area (Å²) in [6.07, 6.45) is 1.62. The van der Waals surface area contributed by atoms with Crippen LogP contribution in [0.15, 0.2) is 12.3 Å². The van der Waals surface area contributed by atoms with Crippen molar-refractivity contribution >= 4 is 21.7 Å². The van der Waals surface area contributed by atoms with Crippen LogP contribution in [0.4, 0.5) is 0 Å². The molecule has 3 nitrogen and oxygen atoms in total. The predicted molar refractivity (Wildman–Crippen MR) is 36.7 cm³/mol. The molecule has 0 saturated heterocycles. The van der Waals surface area contributed by atoms with Crippen molar-refractivity contribution in [3.8, 4) is 0 Å². The van der Waals surface area contributed by atoms with E-state index < -0.39 is 0 Å². The lowest BCUT2D eigenvalue weighted by atomic mass is 10.3. The SMILES string of the molecule is O=C(CBr)c1cc[nH]n1. The number of nitrogens with one attached hydrogen (secondary N) is 1. The molecule has 1 N–H and O–H groups in total. The number of ketones is 1. The number of aromatic amines is 1. The number of hydrogen-bond acceptors (Lipinski definition) is 2. The highest BCUT2D eigenvalue weighted by molar-refractivity contribution is 9.09. The van der Waals surface area contributed by atoms with E-state index in [0.29, 0.717) is 11.0 Å². The molecule has 0 aliphatic rings. The van der Waals surface area contributed by atoms with Crippen LogP contribution in [-0.2, 0) is 0 Å². The average molecular weight is 189 g/mol. The van der Waals surface area contributed by atoms with Crippen molar-refractivity contribution in [1.29, 1.82) is 0 Å². The van der Waals surface area contributed by atoms with E-state index in [1.165, 1.54) is 0 Å². The molecule has 0 aliphatic heterocycles. The van der Waals surface area contributed by atoms with Gasteiger partial charge in [0.05, 0.1) is 5.33 Å². The van der Waals surface area contributed by atoms with Gasteiger partial charge in [0.2, 0.25) is 0 Å². The summed E-state index contributed by atoms with van der Waals surface area (Å²) >= 11 is 3.03. The van der Waals surface area contributed by atoms with Crippen molar-refractivity contribution in [1.82, 2.24) is 10.2 Å². The number of halogens is 1. The van der Waals surface area contributed by atoms with Gasteiger partial charge >= 0.3 is 0 Å². The second-order valence-corrected chi connectivity index (χ2v) is 2.08. The molecule has 1 aromatic rings. The van der Waals surface area contributed by atoms with Gasteiger partial charge in [-0.25, -0.2) is 0 Å². The first-order valence-electron chi connectivity index (χ1n) is 2.43. The molecule has 4 heteroatoms. The van der Waals surface area contributed by atoms with Crippen molar-refractivity contribution < 1.29 is 4.79 Å². The normalized spacial score (nSPS) is 9.44. The Morgan fingerprint density at radius 1 is 1.89 bits per heavy atom. The zero-order chi connectivity index (χ0) is 6.69. The van der Waals surface area contributed by atoms with E-state index in [-0.39, 0.29) is 5.78 Å². The molecule has 0 aliphatic carbocycles. The van der Waals surface area contributed by atoms with E-state index >= 15 is 0 Å². The van der Waals surface area contributed by atoms with Gasteiger partial charge in [0.25, 0.3) is 0 Å². The van der Waals surface area contributed by atoms with Crippen LogP contribution >= 0.6 is 15.9 Å². The van der Waals surface area contributed by atoms with Crippen LogP contribution in [0.25, 0.3) is 0 Å². The van der Waals surface area contributed by atoms with E-state index in [1.54, 1.807) is 12.3 Å². The molecule has 0 spiro atoms. The lowest BCUT2D eigenvalue weighted by molar-refractivity contribution is 0.101. The minimum atomic E-state index is -0.00347. The van der Waals surface area contributed by atoms with Gasteiger partial charge in [0, 0.05) is 6.20 Å². The van der Waals surface area contributed by atoms with Crippen molar-refractivity contribution in [2.45, 2.75) is 0 Å². The van der Waals surface area contributed by atoms with Crippen molar-refractivity contribution in [2.24, 2.45) is 0 Å². The maximum atomic E-state index is 10.7. The number of carbonyl (C=O) groups is 1. The Balaban J connectivity index is 2.77. The summed E-state index contributed by atoms with van der Waals surface area (Å²) in [7, 11) is 0. The number of rotatable bonds is 2. The third kappa shape index (κ3) is 1.38. The van der Waals surface area contributed by atoms with Crippen LogP contribution in [0.2, 0.25) is 0 Å². The lowest BCUT2D eigenvalue weighted by Gasteiger charge is -1.83. The van der Waals surface area contributed by atoms with E-state index in [1.807, 2.05) is 0 Å². The van der Waals surface area contributed by atoms with Gasteiger partial charge in [-0.15, -0.1) is 0 Å². The molecule has 9 heavy (non-hydrogen) atoms. The zero-order valence-corrected chi connectivity index (χ0v) is 6.18. The van der Waals surface area contributed by atoms with Gasteiger partial charge in [-0.2, -0.15) is 5.10 Å². The largest absolute Gasteiger partial charge is 0.291 e. The molecule has 0 fully saturated rings. The van der Waals surface area contributed by atoms with Gasteiger partial charge in [0.15, 0.2) is 5.78 Å². The summed E-state index contributed by atoms with van der Waals surface area (Å²) in [4.78, 5) is 10.7. The Kier molecular flexibility index (Phi) is 2.00. The molecule has 0 unspecified atom stereocenters. The first-order chi connectivity index (χ1) is 4.34. The number of aromatic nitrogens is 2. The Labute approximate surface area is 60.6 Å². The average Bonchev–Trinajstić information content (AvgIpc) is 2.37. The zero-order valence-electron chi connectivity index (χ0n) is 4.60. The molecule has 1 aromatic heterocycles. The Morgan fingerprint density at radius 2 is 2.67 bits per heavy atom. The Hall–Kier alpha value is -0.640. The monoisotopic (exact) mass is 188 g/mol. The Bertz CT molecular complexity index is 195. The topological polar surface area (TPSA) is 45.8 Å². The molecule has 0 saturated carbocycles. The minimum Gasteiger partial charge on any atom is -0.291 e. The lowest BCUT2D eigenvalue weighted by Crippen LogP contribution is -1.99. The van der Waals surface area contributed by atoms with E-state index in [4.69, 9.17) is 0 Å². The number of Topliss-reactive ketones (excluding diaryl/α,β-unsaturated/α-hetero) is 1. The second-order valence-electron chi connectivity index (χ2n) is 1.52. The van der Waals surface area contributed by atoms with Gasteiger partial charge in [-0.3, -0.25) is 9.89 Å². The van der Waals surface area contributed by atoms with E-state index in [0.717, 1.165) is 0 Å². The number of alkyl halides is 1. The highest BCUT2D eigenvalue weighted by Crippen LogP contribution is 1.95. The van der Waals surface area contributed by atoms with Crippen LogP contribution < -0.4 is 0 Å². The fraction of sp³-hybridized carbons (Fsp3) is 0.200. The van der Waals surface area contributed by atoms with E-state index in [9.17, 15) is 4.79 Å². The molecule has 48 valence electrons. The molecule has 1 rings (SSSR count). The summed E-state index contributed by atoms with van der Waals surface area (Å²) in [5.41, 5.74) is 0.479. The fourth-order valence-corrected chi connectivity index (χ4v) is 0.771. The molecule has 0 amide bonds. The van der Waals surface area contributed by atoms with Crippen molar-refractivity contribution in [2.75, 3.05) is 5.33 Å². The summed E-state index contributed by atoms with van der Waals surface area (Å²) in [6, 6.07) is 1.64. The highest BCUT2D eigenvalue weighted by Gasteiger charge is 2.03. The third-order valence-corrected chi connectivity index (χ3v) is 1.42. The highest BCUT2D eigenvalue weighted by atomic mass is 79.9. The Morgan fingerprint density at radius 3 is 3.11 bits per heavy atom. The standard InChI is InChI=1S/C5H5BrN2O/c6-3-5(9)4-1-2-7-8-4/h1-2H,3H2,(H,7,8). The molecule has 0 atom stereocenters. The van der Waals surface area contributed by atoms with Gasteiger partial charge in [0.1, 0.15) is 5.69 Å². The first kappa shape index (κ1) is 6.48. The quantitative estimate of drug-likeness (QED) is 0.556. The summed E-state index contributed by atoms with van der Waals surface area (Å²) < 4.78 is 0. The van der Waals surface area contributed by atoms with Crippen LogP contribution in [0.5, 0.6) is 0 Å². The maximum Gasteiger partial charge on any atom is 0.193 e. The molecular weight excluding hydrogens is 184 g/mol. The number of nitrogens with zero attached hydrogens (tertiary/aromatic N) is 1. The summed E-state index contributed by atoms with van der Waals surface area (Å²) in [5.74, 6) is -0.00347. The first-order valence-corrected chi connectivity index (χ1v) is 3.55. The van der Waals surface area contributed by atoms with Crippen LogP contribution in [0.3, 0.4) is 0 Å². The third-order valence-electron chi connectivity index (χ3n) is 0.908. The second kappa shape index (κ2) is 2.77. The smallest absolute Gasteiger partial charge is 0.193 e. The molecule has 0 aromatic carbocycles. The molecular formula is C5H5BrN2O. The minimum absolute atomic E-state index is 0.00347. The number of hydrogen-bond donors (Lipinski definition) is 1. The summed E-state index contributed by atoms with van der Waals surface area (Å²) in [5, 5.41) is 6.57. The number of carbonyl (C=O) groups excluding carboxylic acids is 1. The van der Waals surface area contributed by atoms with Gasteiger partial charge in [-0.1, -0.05) is 15.9 Å².